The molecule has 0 aliphatic heterocycles. The summed E-state index contributed by atoms with van der Waals surface area (Å²) in [5.74, 6) is -1.47. The van der Waals surface area contributed by atoms with E-state index in [1.807, 2.05) is 6.07 Å². The maximum atomic E-state index is 13.0. The smallest absolute Gasteiger partial charge is 0.423 e. The first kappa shape index (κ1) is 22.8. The summed E-state index contributed by atoms with van der Waals surface area (Å²) < 4.78 is 80.3. The Morgan fingerprint density at radius 2 is 1.79 bits per heavy atom. The van der Waals surface area contributed by atoms with Crippen LogP contribution in [0.3, 0.4) is 0 Å². The van der Waals surface area contributed by atoms with Gasteiger partial charge in [-0.2, -0.15) is 31.3 Å². The number of aryl methyl sites for hydroxylation is 1. The molecule has 0 saturated heterocycles. The zero-order valence-corrected chi connectivity index (χ0v) is 15.7. The van der Waals surface area contributed by atoms with Gasteiger partial charge in [0.2, 0.25) is 11.8 Å². The number of nitrogens with zero attached hydrogens (tertiary/aromatic N) is 2. The molecule has 160 valence electrons. The Morgan fingerprint density at radius 1 is 1.03 bits per heavy atom. The van der Waals surface area contributed by atoms with E-state index >= 15 is 0 Å². The Morgan fingerprint density at radius 3 is 2.45 bits per heavy atom. The van der Waals surface area contributed by atoms with Gasteiger partial charge in [-0.3, -0.25) is 0 Å². The van der Waals surface area contributed by atoms with E-state index in [0.29, 0.717) is 11.9 Å². The highest BCUT2D eigenvalue weighted by molar-refractivity contribution is 5.55. The van der Waals surface area contributed by atoms with Gasteiger partial charge in [-0.15, -0.1) is 0 Å². The molecule has 0 aliphatic carbocycles. The Kier molecular flexibility index (Phi) is 7.69. The molecule has 0 aliphatic rings. The number of halogens is 6. The summed E-state index contributed by atoms with van der Waals surface area (Å²) in [4.78, 5) is 7.05. The monoisotopic (exact) mass is 421 g/mol. The first-order chi connectivity index (χ1) is 13.6. The summed E-state index contributed by atoms with van der Waals surface area (Å²) in [5, 5.41) is 2.71. The minimum absolute atomic E-state index is 0.293. The van der Waals surface area contributed by atoms with E-state index in [9.17, 15) is 26.3 Å². The largest absolute Gasteiger partial charge is 0.467 e. The molecule has 0 saturated carbocycles. The molecule has 2 rings (SSSR count). The molecular formula is C19H21F6N3O. The fourth-order valence-electron chi connectivity index (χ4n) is 2.57. The van der Waals surface area contributed by atoms with E-state index in [4.69, 9.17) is 0 Å². The topological polar surface area (TPSA) is 47.0 Å². The van der Waals surface area contributed by atoms with Gasteiger partial charge in [0.25, 0.3) is 0 Å². The lowest BCUT2D eigenvalue weighted by Gasteiger charge is -2.15. The SMILES string of the molecule is CCCCCCc1cccc(Nc2ncc(C(F)(F)F)c(OCC(F)(F)F)n2)c1. The van der Waals surface area contributed by atoms with E-state index in [1.54, 1.807) is 18.2 Å². The van der Waals surface area contributed by atoms with Crippen molar-refractivity contribution >= 4 is 11.6 Å². The van der Waals surface area contributed by atoms with Crippen LogP contribution in [0.15, 0.2) is 30.5 Å². The normalized spacial score (nSPS) is 12.1. The van der Waals surface area contributed by atoms with Gasteiger partial charge in [-0.1, -0.05) is 38.3 Å². The Hall–Kier alpha value is -2.52. The standard InChI is InChI=1S/C19H21F6N3O/c1-2-3-4-5-7-13-8-6-9-14(10-13)27-17-26-11-15(19(23,24)25)16(28-17)29-12-18(20,21)22/h6,8-11H,2-5,7,12H2,1H3,(H,26,27,28). The lowest BCUT2D eigenvalue weighted by Crippen LogP contribution is -2.22. The molecular weight excluding hydrogens is 400 g/mol. The van der Waals surface area contributed by atoms with Crippen molar-refractivity contribution in [1.29, 1.82) is 0 Å². The zero-order valence-electron chi connectivity index (χ0n) is 15.7. The molecule has 1 N–H and O–H groups in total. The van der Waals surface area contributed by atoms with Gasteiger partial charge in [0, 0.05) is 11.9 Å². The van der Waals surface area contributed by atoms with Gasteiger partial charge in [0.15, 0.2) is 6.61 Å². The number of ether oxygens (including phenoxy) is 1. The van der Waals surface area contributed by atoms with Gasteiger partial charge in [0.05, 0.1) is 0 Å². The van der Waals surface area contributed by atoms with E-state index in [-0.39, 0.29) is 5.95 Å². The molecule has 0 bridgehead atoms. The van der Waals surface area contributed by atoms with Gasteiger partial charge in [-0.05, 0) is 30.5 Å². The lowest BCUT2D eigenvalue weighted by molar-refractivity contribution is -0.159. The van der Waals surface area contributed by atoms with Crippen LogP contribution < -0.4 is 10.1 Å². The Labute approximate surface area is 164 Å². The molecule has 1 aromatic carbocycles. The van der Waals surface area contributed by atoms with Crippen LogP contribution >= 0.6 is 0 Å². The van der Waals surface area contributed by atoms with Crippen molar-refractivity contribution in [2.75, 3.05) is 11.9 Å². The fraction of sp³-hybridized carbons (Fsp3) is 0.474. The second-order valence-electron chi connectivity index (χ2n) is 6.45. The summed E-state index contributed by atoms with van der Waals surface area (Å²) in [6.07, 6.45) is -4.16. The second kappa shape index (κ2) is 9.80. The van der Waals surface area contributed by atoms with Gasteiger partial charge < -0.3 is 10.1 Å². The molecule has 10 heteroatoms. The van der Waals surface area contributed by atoms with Crippen LogP contribution in [-0.2, 0) is 12.6 Å². The number of hydrogen-bond acceptors (Lipinski definition) is 4. The van der Waals surface area contributed by atoms with Crippen LogP contribution in [0, 0.1) is 0 Å². The van der Waals surface area contributed by atoms with Crippen LogP contribution in [0.1, 0.15) is 43.7 Å². The fourth-order valence-corrected chi connectivity index (χ4v) is 2.57. The highest BCUT2D eigenvalue weighted by atomic mass is 19.4. The molecule has 1 heterocycles. The highest BCUT2D eigenvalue weighted by Gasteiger charge is 2.38. The van der Waals surface area contributed by atoms with Crippen LogP contribution in [0.2, 0.25) is 0 Å². The number of alkyl halides is 6. The van der Waals surface area contributed by atoms with Gasteiger partial charge in [-0.25, -0.2) is 4.98 Å². The number of anilines is 2. The first-order valence-corrected chi connectivity index (χ1v) is 9.08. The van der Waals surface area contributed by atoms with E-state index in [0.717, 1.165) is 37.7 Å². The minimum Gasteiger partial charge on any atom is -0.467 e. The van der Waals surface area contributed by atoms with E-state index in [2.05, 4.69) is 26.9 Å². The van der Waals surface area contributed by atoms with Gasteiger partial charge >= 0.3 is 12.4 Å². The maximum Gasteiger partial charge on any atom is 0.423 e. The quantitative estimate of drug-likeness (QED) is 0.381. The first-order valence-electron chi connectivity index (χ1n) is 9.08. The molecule has 0 unspecified atom stereocenters. The Balaban J connectivity index is 2.16. The van der Waals surface area contributed by atoms with Crippen molar-refractivity contribution in [2.45, 2.75) is 51.4 Å². The lowest BCUT2D eigenvalue weighted by atomic mass is 10.1. The van der Waals surface area contributed by atoms with Crippen molar-refractivity contribution in [2.24, 2.45) is 0 Å². The number of nitrogens with one attached hydrogen (secondary N) is 1. The molecule has 0 fully saturated rings. The Bertz CT molecular complexity index is 792. The third-order valence-electron chi connectivity index (χ3n) is 3.93. The van der Waals surface area contributed by atoms with E-state index < -0.39 is 30.4 Å². The third-order valence-corrected chi connectivity index (χ3v) is 3.93. The summed E-state index contributed by atoms with van der Waals surface area (Å²) in [5.41, 5.74) is 0.0584. The molecule has 0 atom stereocenters. The van der Waals surface area contributed by atoms with Crippen molar-refractivity contribution in [3.8, 4) is 5.88 Å². The summed E-state index contributed by atoms with van der Waals surface area (Å²) in [7, 11) is 0. The predicted molar refractivity (Wildman–Crippen MR) is 96.2 cm³/mol. The third kappa shape index (κ3) is 7.78. The average Bonchev–Trinajstić information content (AvgIpc) is 2.62. The highest BCUT2D eigenvalue weighted by Crippen LogP contribution is 2.36. The van der Waals surface area contributed by atoms with Crippen molar-refractivity contribution < 1.29 is 31.1 Å². The molecule has 0 spiro atoms. The number of hydrogen-bond donors (Lipinski definition) is 1. The number of aromatic nitrogens is 2. The number of unbranched alkanes of at least 4 members (excludes halogenated alkanes) is 3. The molecule has 1 aromatic heterocycles. The minimum atomic E-state index is -4.95. The predicted octanol–water partition coefficient (Wildman–Crippen LogP) is 6.30. The molecule has 29 heavy (non-hydrogen) atoms. The van der Waals surface area contributed by atoms with Crippen molar-refractivity contribution in [1.82, 2.24) is 9.97 Å². The summed E-state index contributed by atoms with van der Waals surface area (Å²) in [6, 6.07) is 7.14. The number of benzene rings is 1. The number of rotatable bonds is 9. The maximum absolute atomic E-state index is 13.0. The van der Waals surface area contributed by atoms with Crippen LogP contribution in [0.25, 0.3) is 0 Å². The molecule has 0 amide bonds. The molecule has 2 aromatic rings. The van der Waals surface area contributed by atoms with Crippen LogP contribution in [0.5, 0.6) is 5.88 Å². The van der Waals surface area contributed by atoms with E-state index in [1.165, 1.54) is 0 Å². The molecule has 0 radical (unpaired) electrons. The average molecular weight is 421 g/mol. The summed E-state index contributed by atoms with van der Waals surface area (Å²) in [6.45, 7) is 0.223. The molecule has 4 nitrogen and oxygen atoms in total. The summed E-state index contributed by atoms with van der Waals surface area (Å²) >= 11 is 0. The van der Waals surface area contributed by atoms with Crippen molar-refractivity contribution in [3.05, 3.63) is 41.6 Å². The van der Waals surface area contributed by atoms with Gasteiger partial charge in [0.1, 0.15) is 5.56 Å². The van der Waals surface area contributed by atoms with Crippen LogP contribution in [-0.4, -0.2) is 22.8 Å². The van der Waals surface area contributed by atoms with Crippen molar-refractivity contribution in [3.63, 3.8) is 0 Å². The van der Waals surface area contributed by atoms with Crippen LogP contribution in [0.4, 0.5) is 38.0 Å². The zero-order chi connectivity index (χ0) is 21.5. The second-order valence-corrected chi connectivity index (χ2v) is 6.45.